The van der Waals surface area contributed by atoms with E-state index in [2.05, 4.69) is 12.2 Å². The fourth-order valence-corrected chi connectivity index (χ4v) is 3.92. The number of carbonyl (C=O) groups is 2. The monoisotopic (exact) mass is 492 g/mol. The first-order chi connectivity index (χ1) is 17.0. The molecule has 0 aromatic heterocycles. The molecule has 0 spiro atoms. The quantitative estimate of drug-likeness (QED) is 0.335. The molecule has 0 aliphatic rings. The molecule has 1 unspecified atom stereocenters. The molecule has 0 saturated heterocycles. The molecule has 6 heteroatoms. The molecule has 5 nitrogen and oxygen atoms in total. The third-order valence-electron chi connectivity index (χ3n) is 5.76. The third-order valence-corrected chi connectivity index (χ3v) is 6.07. The molecule has 0 fully saturated rings. The predicted molar refractivity (Wildman–Crippen MR) is 141 cm³/mol. The summed E-state index contributed by atoms with van der Waals surface area (Å²) < 4.78 is 5.76. The molecule has 3 aromatic carbocycles. The minimum absolute atomic E-state index is 0.166. The van der Waals surface area contributed by atoms with Crippen molar-refractivity contribution in [2.24, 2.45) is 0 Å². The summed E-state index contributed by atoms with van der Waals surface area (Å²) in [5.41, 5.74) is 3.06. The number of ether oxygens (including phenoxy) is 1. The number of halogens is 1. The van der Waals surface area contributed by atoms with Crippen LogP contribution in [-0.4, -0.2) is 35.9 Å². The molecule has 0 bridgehead atoms. The van der Waals surface area contributed by atoms with Crippen molar-refractivity contribution in [2.45, 2.75) is 45.7 Å². The van der Waals surface area contributed by atoms with Crippen LogP contribution in [0, 0.1) is 6.92 Å². The number of unbranched alkanes of at least 4 members (excludes halogenated alkanes) is 1. The Morgan fingerprint density at radius 1 is 0.943 bits per heavy atom. The fraction of sp³-hybridized carbons (Fsp3) is 0.310. The largest absolute Gasteiger partial charge is 0.482 e. The molecule has 1 atom stereocenters. The lowest BCUT2D eigenvalue weighted by molar-refractivity contribution is -0.142. The van der Waals surface area contributed by atoms with Crippen LogP contribution in [0.3, 0.4) is 0 Å². The van der Waals surface area contributed by atoms with Crippen LogP contribution in [0.15, 0.2) is 78.9 Å². The topological polar surface area (TPSA) is 58.6 Å². The zero-order valence-electron chi connectivity index (χ0n) is 20.4. The van der Waals surface area contributed by atoms with Crippen LogP contribution >= 0.6 is 11.6 Å². The highest BCUT2D eigenvalue weighted by atomic mass is 35.5. The second kappa shape index (κ2) is 13.5. The Balaban J connectivity index is 1.88. The second-order valence-corrected chi connectivity index (χ2v) is 8.98. The van der Waals surface area contributed by atoms with Gasteiger partial charge >= 0.3 is 0 Å². The van der Waals surface area contributed by atoms with E-state index in [4.69, 9.17) is 16.3 Å². The Bertz CT molecular complexity index is 1090. The maximum atomic E-state index is 13.5. The van der Waals surface area contributed by atoms with E-state index in [0.717, 1.165) is 29.5 Å². The van der Waals surface area contributed by atoms with Gasteiger partial charge < -0.3 is 15.0 Å². The van der Waals surface area contributed by atoms with Gasteiger partial charge in [0.1, 0.15) is 11.8 Å². The first kappa shape index (κ1) is 26.3. The van der Waals surface area contributed by atoms with Gasteiger partial charge in [-0.05, 0) is 36.6 Å². The number of hydrogen-bond acceptors (Lipinski definition) is 3. The fourth-order valence-electron chi connectivity index (χ4n) is 3.73. The molecule has 2 amide bonds. The summed E-state index contributed by atoms with van der Waals surface area (Å²) in [5.74, 6) is -0.0117. The highest BCUT2D eigenvalue weighted by molar-refractivity contribution is 6.32. The third kappa shape index (κ3) is 8.15. The molecule has 0 heterocycles. The first-order valence-electron chi connectivity index (χ1n) is 12.0. The summed E-state index contributed by atoms with van der Waals surface area (Å²) in [6.45, 7) is 4.74. The first-order valence-corrected chi connectivity index (χ1v) is 12.4. The molecule has 0 aliphatic heterocycles. The average Bonchev–Trinajstić information content (AvgIpc) is 2.87. The van der Waals surface area contributed by atoms with Gasteiger partial charge in [0.25, 0.3) is 5.91 Å². The second-order valence-electron chi connectivity index (χ2n) is 8.58. The zero-order valence-corrected chi connectivity index (χ0v) is 21.1. The Hall–Kier alpha value is -3.31. The molecule has 0 saturated carbocycles. The van der Waals surface area contributed by atoms with Crippen molar-refractivity contribution >= 4 is 23.4 Å². The molecule has 184 valence electrons. The lowest BCUT2D eigenvalue weighted by Gasteiger charge is -2.31. The van der Waals surface area contributed by atoms with E-state index in [-0.39, 0.29) is 18.4 Å². The van der Waals surface area contributed by atoms with Gasteiger partial charge in [0.15, 0.2) is 6.61 Å². The lowest BCUT2D eigenvalue weighted by Crippen LogP contribution is -2.51. The molecule has 3 rings (SSSR count). The van der Waals surface area contributed by atoms with Gasteiger partial charge in [-0.1, -0.05) is 97.2 Å². The predicted octanol–water partition coefficient (Wildman–Crippen LogP) is 5.58. The summed E-state index contributed by atoms with van der Waals surface area (Å²) in [6.07, 6.45) is 2.26. The Morgan fingerprint density at radius 2 is 1.63 bits per heavy atom. The number of nitrogens with zero attached hydrogens (tertiary/aromatic N) is 1. The SMILES string of the molecule is CCCCNC(=O)C(Cc1ccccc1)N(Cc1ccc(C)cc1)C(=O)COc1ccccc1Cl. The number of amides is 2. The highest BCUT2D eigenvalue weighted by Crippen LogP contribution is 2.23. The Morgan fingerprint density at radius 3 is 2.31 bits per heavy atom. The van der Waals surface area contributed by atoms with E-state index in [1.165, 1.54) is 0 Å². The van der Waals surface area contributed by atoms with Gasteiger partial charge in [-0.15, -0.1) is 0 Å². The van der Waals surface area contributed by atoms with Gasteiger partial charge in [0, 0.05) is 19.5 Å². The van der Waals surface area contributed by atoms with Gasteiger partial charge in [-0.25, -0.2) is 0 Å². The molecule has 3 aromatic rings. The minimum Gasteiger partial charge on any atom is -0.482 e. The van der Waals surface area contributed by atoms with Gasteiger partial charge in [-0.2, -0.15) is 0 Å². The van der Waals surface area contributed by atoms with E-state index in [1.807, 2.05) is 61.5 Å². The number of rotatable bonds is 12. The van der Waals surface area contributed by atoms with Crippen molar-refractivity contribution in [3.8, 4) is 5.75 Å². The van der Waals surface area contributed by atoms with E-state index in [9.17, 15) is 9.59 Å². The van der Waals surface area contributed by atoms with Crippen LogP contribution in [0.4, 0.5) is 0 Å². The van der Waals surface area contributed by atoms with E-state index in [0.29, 0.717) is 30.3 Å². The summed E-state index contributed by atoms with van der Waals surface area (Å²) in [6, 6.07) is 24.1. The molecule has 35 heavy (non-hydrogen) atoms. The maximum absolute atomic E-state index is 13.5. The van der Waals surface area contributed by atoms with Crippen LogP contribution < -0.4 is 10.1 Å². The van der Waals surface area contributed by atoms with E-state index >= 15 is 0 Å². The number of nitrogens with one attached hydrogen (secondary N) is 1. The summed E-state index contributed by atoms with van der Waals surface area (Å²) >= 11 is 6.21. The van der Waals surface area contributed by atoms with Crippen LogP contribution in [0.5, 0.6) is 5.75 Å². The smallest absolute Gasteiger partial charge is 0.261 e. The van der Waals surface area contributed by atoms with Crippen LogP contribution in [-0.2, 0) is 22.6 Å². The van der Waals surface area contributed by atoms with Gasteiger partial charge in [-0.3, -0.25) is 9.59 Å². The standard InChI is InChI=1S/C29H33ClN2O3/c1-3-4-18-31-29(34)26(19-23-10-6-5-7-11-23)32(20-24-16-14-22(2)15-17-24)28(33)21-35-27-13-9-8-12-25(27)30/h5-17,26H,3-4,18-21H2,1-2H3,(H,31,34). The normalized spacial score (nSPS) is 11.5. The molecule has 1 N–H and O–H groups in total. The van der Waals surface area contributed by atoms with Crippen molar-refractivity contribution in [1.29, 1.82) is 0 Å². The van der Waals surface area contributed by atoms with Crippen molar-refractivity contribution in [2.75, 3.05) is 13.2 Å². The van der Waals surface area contributed by atoms with Gasteiger partial charge in [0.2, 0.25) is 5.91 Å². The maximum Gasteiger partial charge on any atom is 0.261 e. The Kier molecular flexibility index (Phi) is 10.2. The molecule has 0 aliphatic carbocycles. The number of aryl methyl sites for hydroxylation is 1. The van der Waals surface area contributed by atoms with Crippen molar-refractivity contribution in [3.05, 3.63) is 101 Å². The van der Waals surface area contributed by atoms with Crippen molar-refractivity contribution < 1.29 is 14.3 Å². The van der Waals surface area contributed by atoms with E-state index < -0.39 is 6.04 Å². The van der Waals surface area contributed by atoms with Gasteiger partial charge in [0.05, 0.1) is 5.02 Å². The lowest BCUT2D eigenvalue weighted by atomic mass is 10.0. The Labute approximate surface area is 213 Å². The summed E-state index contributed by atoms with van der Waals surface area (Å²) in [5, 5.41) is 3.46. The zero-order chi connectivity index (χ0) is 25.0. The number of benzene rings is 3. The number of para-hydroxylation sites is 1. The minimum atomic E-state index is -0.682. The molecular weight excluding hydrogens is 460 g/mol. The summed E-state index contributed by atoms with van der Waals surface area (Å²) in [4.78, 5) is 28.5. The average molecular weight is 493 g/mol. The van der Waals surface area contributed by atoms with Crippen molar-refractivity contribution in [3.63, 3.8) is 0 Å². The molecule has 0 radical (unpaired) electrons. The van der Waals surface area contributed by atoms with Crippen LogP contribution in [0.1, 0.15) is 36.5 Å². The van der Waals surface area contributed by atoms with E-state index in [1.54, 1.807) is 29.2 Å². The van der Waals surface area contributed by atoms with Crippen LogP contribution in [0.25, 0.3) is 0 Å². The van der Waals surface area contributed by atoms with Crippen LogP contribution in [0.2, 0.25) is 5.02 Å². The summed E-state index contributed by atoms with van der Waals surface area (Å²) in [7, 11) is 0. The number of hydrogen-bond donors (Lipinski definition) is 1. The molecular formula is C29H33ClN2O3. The number of carbonyl (C=O) groups excluding carboxylic acids is 2. The highest BCUT2D eigenvalue weighted by Gasteiger charge is 2.30. The van der Waals surface area contributed by atoms with Crippen molar-refractivity contribution in [1.82, 2.24) is 10.2 Å².